The van der Waals surface area contributed by atoms with Crippen molar-refractivity contribution in [2.45, 2.75) is 31.5 Å². The van der Waals surface area contributed by atoms with Crippen LogP contribution < -0.4 is 16.4 Å². The molecule has 0 bridgehead atoms. The lowest BCUT2D eigenvalue weighted by Crippen LogP contribution is -2.49. The molecule has 3 rings (SSSR count). The molecule has 6 heteroatoms. The fraction of sp³-hybridized carbons (Fsp3) is 0.231. The molecule has 0 fully saturated rings. The van der Waals surface area contributed by atoms with Gasteiger partial charge in [0.2, 0.25) is 5.91 Å². The average Bonchev–Trinajstić information content (AvgIpc) is 2.83. The van der Waals surface area contributed by atoms with Gasteiger partial charge >= 0.3 is 6.09 Å². The van der Waals surface area contributed by atoms with Gasteiger partial charge in [-0.3, -0.25) is 4.79 Å². The molecule has 0 aliphatic heterocycles. The number of nitrogens with one attached hydrogen (secondary N) is 2. The second-order valence-corrected chi connectivity index (χ2v) is 7.63. The van der Waals surface area contributed by atoms with E-state index in [4.69, 9.17) is 10.5 Å². The normalized spacial score (nSPS) is 12.4. The Hall–Kier alpha value is -3.64. The molecule has 0 aliphatic carbocycles. The molecule has 2 amide bonds. The zero-order chi connectivity index (χ0) is 22.6. The average molecular weight is 432 g/mol. The monoisotopic (exact) mass is 431 g/mol. The van der Waals surface area contributed by atoms with Gasteiger partial charge < -0.3 is 21.1 Å². The third-order valence-corrected chi connectivity index (χ3v) is 5.02. The highest BCUT2D eigenvalue weighted by Gasteiger charge is 2.18. The summed E-state index contributed by atoms with van der Waals surface area (Å²) in [5.41, 5.74) is 9.03. The highest BCUT2D eigenvalue weighted by atomic mass is 16.5. The lowest BCUT2D eigenvalue weighted by Gasteiger charge is -2.21. The van der Waals surface area contributed by atoms with E-state index in [0.29, 0.717) is 12.8 Å². The van der Waals surface area contributed by atoms with Gasteiger partial charge in [0.25, 0.3) is 0 Å². The molecule has 6 nitrogen and oxygen atoms in total. The quantitative estimate of drug-likeness (QED) is 0.460. The fourth-order valence-corrected chi connectivity index (χ4v) is 3.32. The lowest BCUT2D eigenvalue weighted by molar-refractivity contribution is -0.122. The predicted molar refractivity (Wildman–Crippen MR) is 125 cm³/mol. The van der Waals surface area contributed by atoms with E-state index in [1.165, 1.54) is 0 Å². The van der Waals surface area contributed by atoms with E-state index in [2.05, 4.69) is 10.6 Å². The minimum absolute atomic E-state index is 0.180. The van der Waals surface area contributed by atoms with Crippen LogP contribution in [-0.4, -0.2) is 30.6 Å². The smallest absolute Gasteiger partial charge is 0.407 e. The first-order chi connectivity index (χ1) is 15.6. The number of benzene rings is 3. The molecule has 0 spiro atoms. The number of alkyl carbamates (subject to hydrolysis) is 1. The predicted octanol–water partition coefficient (Wildman–Crippen LogP) is 3.21. The van der Waals surface area contributed by atoms with Gasteiger partial charge in [-0.1, -0.05) is 91.0 Å². The van der Waals surface area contributed by atoms with Gasteiger partial charge in [0.15, 0.2) is 0 Å². The van der Waals surface area contributed by atoms with Crippen molar-refractivity contribution in [2.24, 2.45) is 5.73 Å². The van der Waals surface area contributed by atoms with Crippen molar-refractivity contribution >= 4 is 12.0 Å². The first-order valence-corrected chi connectivity index (χ1v) is 10.7. The first-order valence-electron chi connectivity index (χ1n) is 10.7. The zero-order valence-electron chi connectivity index (χ0n) is 17.9. The molecule has 3 aromatic carbocycles. The van der Waals surface area contributed by atoms with Crippen LogP contribution in [-0.2, 0) is 29.0 Å². The summed E-state index contributed by atoms with van der Waals surface area (Å²) in [5, 5.41) is 5.73. The maximum atomic E-state index is 12.5. The maximum Gasteiger partial charge on any atom is 0.407 e. The van der Waals surface area contributed by atoms with Crippen LogP contribution in [0.1, 0.15) is 16.7 Å². The number of ether oxygens (including phenoxy) is 1. The van der Waals surface area contributed by atoms with Crippen LogP contribution in [0.2, 0.25) is 0 Å². The van der Waals surface area contributed by atoms with Crippen LogP contribution in [0.15, 0.2) is 91.0 Å². The number of nitrogens with two attached hydrogens (primary N) is 1. The Morgan fingerprint density at radius 3 is 1.81 bits per heavy atom. The Labute approximate surface area is 188 Å². The molecule has 0 radical (unpaired) electrons. The van der Waals surface area contributed by atoms with Crippen molar-refractivity contribution < 1.29 is 14.3 Å². The fourth-order valence-electron chi connectivity index (χ4n) is 3.32. The number of carbonyl (C=O) groups is 2. The Morgan fingerprint density at radius 1 is 0.750 bits per heavy atom. The molecular weight excluding hydrogens is 402 g/mol. The van der Waals surface area contributed by atoms with E-state index in [1.807, 2.05) is 91.0 Å². The molecule has 0 aromatic heterocycles. The van der Waals surface area contributed by atoms with Gasteiger partial charge in [-0.15, -0.1) is 0 Å². The van der Waals surface area contributed by atoms with Gasteiger partial charge in [-0.25, -0.2) is 4.79 Å². The van der Waals surface area contributed by atoms with Crippen LogP contribution in [0.4, 0.5) is 4.79 Å². The molecule has 1 unspecified atom stereocenters. The van der Waals surface area contributed by atoms with E-state index < -0.39 is 12.1 Å². The number of hydrogen-bond donors (Lipinski definition) is 3. The van der Waals surface area contributed by atoms with Gasteiger partial charge in [0.1, 0.15) is 6.61 Å². The zero-order valence-corrected chi connectivity index (χ0v) is 17.9. The Morgan fingerprint density at radius 2 is 1.25 bits per heavy atom. The molecule has 3 aromatic rings. The number of amides is 2. The molecular formula is C26H29N3O3. The molecule has 2 atom stereocenters. The van der Waals surface area contributed by atoms with Gasteiger partial charge in [0, 0.05) is 6.54 Å². The van der Waals surface area contributed by atoms with Crippen LogP contribution in [0, 0.1) is 0 Å². The van der Waals surface area contributed by atoms with E-state index in [-0.39, 0.29) is 25.1 Å². The van der Waals surface area contributed by atoms with E-state index in [1.54, 1.807) is 0 Å². The summed E-state index contributed by atoms with van der Waals surface area (Å²) < 4.78 is 5.34. The minimum atomic E-state index is -0.667. The summed E-state index contributed by atoms with van der Waals surface area (Å²) in [6.45, 7) is 0.426. The topological polar surface area (TPSA) is 93.5 Å². The van der Waals surface area contributed by atoms with Crippen molar-refractivity contribution in [1.29, 1.82) is 0 Å². The van der Waals surface area contributed by atoms with Crippen molar-refractivity contribution in [3.8, 4) is 0 Å². The number of carbonyl (C=O) groups excluding carboxylic acids is 2. The molecule has 4 N–H and O–H groups in total. The maximum absolute atomic E-state index is 12.5. The van der Waals surface area contributed by atoms with Crippen molar-refractivity contribution in [2.75, 3.05) is 6.54 Å². The van der Waals surface area contributed by atoms with Crippen LogP contribution in [0.3, 0.4) is 0 Å². The summed E-state index contributed by atoms with van der Waals surface area (Å²) >= 11 is 0. The second kappa shape index (κ2) is 12.3. The second-order valence-electron chi connectivity index (χ2n) is 7.63. The molecule has 32 heavy (non-hydrogen) atoms. The van der Waals surface area contributed by atoms with Crippen LogP contribution >= 0.6 is 0 Å². The van der Waals surface area contributed by atoms with Crippen molar-refractivity contribution in [3.05, 3.63) is 108 Å². The van der Waals surface area contributed by atoms with Gasteiger partial charge in [-0.2, -0.15) is 0 Å². The van der Waals surface area contributed by atoms with E-state index in [9.17, 15) is 9.59 Å². The summed E-state index contributed by atoms with van der Waals surface area (Å²) in [7, 11) is 0. The molecule has 166 valence electrons. The van der Waals surface area contributed by atoms with Crippen LogP contribution in [0.5, 0.6) is 0 Å². The summed E-state index contributed by atoms with van der Waals surface area (Å²) in [6, 6.07) is 27.9. The molecule has 0 heterocycles. The van der Waals surface area contributed by atoms with Gasteiger partial charge in [-0.05, 0) is 29.5 Å². The summed E-state index contributed by atoms with van der Waals surface area (Å²) in [5.74, 6) is -0.258. The Balaban J connectivity index is 1.54. The summed E-state index contributed by atoms with van der Waals surface area (Å²) in [4.78, 5) is 24.9. The number of rotatable bonds is 10. The van der Waals surface area contributed by atoms with Crippen molar-refractivity contribution in [3.63, 3.8) is 0 Å². The first kappa shape index (κ1) is 23.0. The largest absolute Gasteiger partial charge is 0.445 e. The van der Waals surface area contributed by atoms with Crippen molar-refractivity contribution in [1.82, 2.24) is 10.6 Å². The van der Waals surface area contributed by atoms with E-state index in [0.717, 1.165) is 16.7 Å². The summed E-state index contributed by atoms with van der Waals surface area (Å²) in [6.07, 6.45) is 0.468. The number of hydrogen-bond acceptors (Lipinski definition) is 4. The Bertz CT molecular complexity index is 965. The van der Waals surface area contributed by atoms with Crippen LogP contribution in [0.25, 0.3) is 0 Å². The highest BCUT2D eigenvalue weighted by molar-refractivity contribution is 5.81. The highest BCUT2D eigenvalue weighted by Crippen LogP contribution is 2.06. The molecule has 0 aliphatic rings. The molecule has 0 saturated heterocycles. The standard InChI is InChI=1S/C26H29N3O3/c27-24(17-21-12-6-2-7-13-21)25(30)28-18-23(16-20-10-4-1-5-11-20)29-26(31)32-19-22-14-8-3-9-15-22/h1-15,23-24H,16-19,27H2,(H,28,30)(H,29,31)/t23-,24?/m0/s1. The SMILES string of the molecule is NC(Cc1ccccc1)C(=O)NC[C@H](Cc1ccccc1)NC(=O)OCc1ccccc1. The molecule has 0 saturated carbocycles. The lowest BCUT2D eigenvalue weighted by atomic mass is 10.0. The van der Waals surface area contributed by atoms with E-state index >= 15 is 0 Å². The van der Waals surface area contributed by atoms with Gasteiger partial charge in [0.05, 0.1) is 12.1 Å². The minimum Gasteiger partial charge on any atom is -0.445 e. The third-order valence-electron chi connectivity index (χ3n) is 5.02. The third kappa shape index (κ3) is 7.89. The Kier molecular flexibility index (Phi) is 8.83.